The fourth-order valence-corrected chi connectivity index (χ4v) is 3.91. The first-order valence-electron chi connectivity index (χ1n) is 10.00. The minimum atomic E-state index is -4.42. The van der Waals surface area contributed by atoms with Crippen LogP contribution in [0.25, 0.3) is 11.2 Å². The summed E-state index contributed by atoms with van der Waals surface area (Å²) in [6.45, 7) is 5.77. The number of nitrogens with zero attached hydrogens (tertiary/aromatic N) is 3. The number of ether oxygens (including phenoxy) is 1. The summed E-state index contributed by atoms with van der Waals surface area (Å²) in [6, 6.07) is 5.92. The van der Waals surface area contributed by atoms with Crippen molar-refractivity contribution in [3.05, 3.63) is 69.7 Å². The highest BCUT2D eigenvalue weighted by molar-refractivity contribution is 6.00. The largest absolute Gasteiger partial charge is 0.416 e. The molecule has 5 nitrogen and oxygen atoms in total. The van der Waals surface area contributed by atoms with Gasteiger partial charge in [-0.15, -0.1) is 0 Å². The van der Waals surface area contributed by atoms with E-state index in [1.165, 1.54) is 19.9 Å². The second-order valence-electron chi connectivity index (χ2n) is 7.70. The molecular formula is C23H22F3N3O2. The molecule has 3 aromatic rings. The van der Waals surface area contributed by atoms with E-state index in [-0.39, 0.29) is 17.8 Å². The van der Waals surface area contributed by atoms with Crippen molar-refractivity contribution in [3.63, 3.8) is 0 Å². The van der Waals surface area contributed by atoms with E-state index in [0.717, 1.165) is 11.6 Å². The number of ketones is 1. The molecule has 0 N–H and O–H groups in total. The van der Waals surface area contributed by atoms with E-state index in [2.05, 4.69) is 4.98 Å². The highest BCUT2D eigenvalue weighted by atomic mass is 19.4. The van der Waals surface area contributed by atoms with Gasteiger partial charge in [0.1, 0.15) is 0 Å². The van der Waals surface area contributed by atoms with Crippen molar-refractivity contribution < 1.29 is 22.7 Å². The number of hydrogen-bond acceptors (Lipinski definition) is 4. The van der Waals surface area contributed by atoms with Crippen LogP contribution in [0, 0.1) is 13.8 Å². The molecule has 0 saturated carbocycles. The Bertz CT molecular complexity index is 1210. The average Bonchev–Trinajstić information content (AvgIpc) is 3.03. The summed E-state index contributed by atoms with van der Waals surface area (Å²) in [7, 11) is 0. The molecule has 0 atom stereocenters. The number of imidazole rings is 1. The van der Waals surface area contributed by atoms with Crippen LogP contribution in [0.5, 0.6) is 0 Å². The Labute approximate surface area is 177 Å². The van der Waals surface area contributed by atoms with Gasteiger partial charge in [0.2, 0.25) is 0 Å². The molecule has 8 heteroatoms. The predicted molar refractivity (Wildman–Crippen MR) is 110 cm³/mol. The molecule has 4 rings (SSSR count). The fraction of sp³-hybridized carbons (Fsp3) is 0.348. The molecule has 31 heavy (non-hydrogen) atoms. The maximum Gasteiger partial charge on any atom is 0.416 e. The Morgan fingerprint density at radius 3 is 2.68 bits per heavy atom. The van der Waals surface area contributed by atoms with Gasteiger partial charge in [0.25, 0.3) is 0 Å². The van der Waals surface area contributed by atoms with E-state index in [1.54, 1.807) is 23.6 Å². The first-order valence-corrected chi connectivity index (χ1v) is 10.00. The molecule has 0 saturated heterocycles. The van der Waals surface area contributed by atoms with Gasteiger partial charge in [-0.2, -0.15) is 18.3 Å². The number of rotatable bonds is 4. The molecule has 0 spiro atoms. The predicted octanol–water partition coefficient (Wildman–Crippen LogP) is 4.96. The van der Waals surface area contributed by atoms with Gasteiger partial charge < -0.3 is 4.74 Å². The van der Waals surface area contributed by atoms with Crippen molar-refractivity contribution in [1.82, 2.24) is 14.6 Å². The number of carbonyl (C=O) groups excluding carboxylic acids is 1. The lowest BCUT2D eigenvalue weighted by Crippen LogP contribution is -2.12. The lowest BCUT2D eigenvalue weighted by Gasteiger charge is -2.15. The monoisotopic (exact) mass is 429 g/mol. The molecular weight excluding hydrogens is 407 g/mol. The van der Waals surface area contributed by atoms with Gasteiger partial charge in [-0.3, -0.25) is 4.79 Å². The second-order valence-corrected chi connectivity index (χ2v) is 7.70. The summed E-state index contributed by atoms with van der Waals surface area (Å²) < 4.78 is 47.0. The van der Waals surface area contributed by atoms with Crippen LogP contribution in [0.4, 0.5) is 13.2 Å². The standard InChI is InChI=1S/C23H22F3N3O2/c1-13-17(5-4-6-19(13)23(24,25)26)11-21-14(2)27-22-18(15(3)30)12-20(28-29(21)22)16-7-9-31-10-8-16/h4-7,12H,8-11H2,1-3H3. The van der Waals surface area contributed by atoms with Crippen molar-refractivity contribution in [3.8, 4) is 0 Å². The third kappa shape index (κ3) is 3.99. The molecule has 1 aromatic carbocycles. The van der Waals surface area contributed by atoms with E-state index in [9.17, 15) is 18.0 Å². The number of carbonyl (C=O) groups is 1. The zero-order chi connectivity index (χ0) is 22.3. The molecule has 1 aliphatic rings. The van der Waals surface area contributed by atoms with E-state index in [1.807, 2.05) is 6.08 Å². The number of benzene rings is 1. The van der Waals surface area contributed by atoms with Crippen LogP contribution in [0.1, 0.15) is 57.5 Å². The smallest absolute Gasteiger partial charge is 0.377 e. The van der Waals surface area contributed by atoms with Crippen LogP contribution in [0.15, 0.2) is 30.3 Å². The number of aromatic nitrogens is 3. The molecule has 2 aromatic heterocycles. The minimum absolute atomic E-state index is 0.145. The number of fused-ring (bicyclic) bond motifs is 1. The van der Waals surface area contributed by atoms with Crippen molar-refractivity contribution in [1.29, 1.82) is 0 Å². The van der Waals surface area contributed by atoms with E-state index in [0.29, 0.717) is 53.5 Å². The van der Waals surface area contributed by atoms with Crippen LogP contribution >= 0.6 is 0 Å². The fourth-order valence-electron chi connectivity index (χ4n) is 3.91. The summed E-state index contributed by atoms with van der Waals surface area (Å²) in [5, 5.41) is 4.72. The van der Waals surface area contributed by atoms with Crippen LogP contribution in [-0.4, -0.2) is 33.6 Å². The maximum atomic E-state index is 13.4. The molecule has 0 fully saturated rings. The highest BCUT2D eigenvalue weighted by Crippen LogP contribution is 2.34. The Balaban J connectivity index is 1.87. The van der Waals surface area contributed by atoms with Crippen LogP contribution < -0.4 is 0 Å². The molecule has 0 amide bonds. The van der Waals surface area contributed by atoms with Gasteiger partial charge >= 0.3 is 6.18 Å². The van der Waals surface area contributed by atoms with Gasteiger partial charge in [-0.25, -0.2) is 9.50 Å². The quantitative estimate of drug-likeness (QED) is 0.550. The third-order valence-corrected chi connectivity index (χ3v) is 5.66. The molecule has 0 radical (unpaired) electrons. The van der Waals surface area contributed by atoms with Crippen molar-refractivity contribution in [2.24, 2.45) is 0 Å². The Hall–Kier alpha value is -3.00. The molecule has 162 valence electrons. The summed E-state index contributed by atoms with van der Waals surface area (Å²) in [6.07, 6.45) is -1.59. The first kappa shape index (κ1) is 21.2. The molecule has 3 heterocycles. The number of halogens is 3. The average molecular weight is 429 g/mol. The van der Waals surface area contributed by atoms with Crippen LogP contribution in [0.2, 0.25) is 0 Å². The minimum Gasteiger partial charge on any atom is -0.377 e. The normalized spacial score (nSPS) is 14.7. The number of aryl methyl sites for hydroxylation is 1. The van der Waals surface area contributed by atoms with Crippen molar-refractivity contribution >= 4 is 17.0 Å². The van der Waals surface area contributed by atoms with Gasteiger partial charge in [-0.1, -0.05) is 18.2 Å². The molecule has 0 bridgehead atoms. The summed E-state index contributed by atoms with van der Waals surface area (Å²) >= 11 is 0. The van der Waals surface area contributed by atoms with Crippen LogP contribution in [-0.2, 0) is 17.3 Å². The summed E-state index contributed by atoms with van der Waals surface area (Å²) in [5.41, 5.74) is 3.85. The maximum absolute atomic E-state index is 13.4. The van der Waals surface area contributed by atoms with Crippen LogP contribution in [0.3, 0.4) is 0 Å². The zero-order valence-corrected chi connectivity index (χ0v) is 17.5. The third-order valence-electron chi connectivity index (χ3n) is 5.66. The zero-order valence-electron chi connectivity index (χ0n) is 17.5. The lowest BCUT2D eigenvalue weighted by atomic mass is 9.98. The van der Waals surface area contributed by atoms with E-state index >= 15 is 0 Å². The van der Waals surface area contributed by atoms with Gasteiger partial charge in [0.05, 0.1) is 41.4 Å². The Kier molecular flexibility index (Phi) is 5.43. The molecule has 0 unspecified atom stereocenters. The topological polar surface area (TPSA) is 56.5 Å². The summed E-state index contributed by atoms with van der Waals surface area (Å²) in [5.74, 6) is -0.145. The van der Waals surface area contributed by atoms with Crippen molar-refractivity contribution in [2.75, 3.05) is 13.2 Å². The van der Waals surface area contributed by atoms with Gasteiger partial charge in [-0.05, 0) is 56.0 Å². The van der Waals surface area contributed by atoms with Crippen molar-refractivity contribution in [2.45, 2.75) is 39.8 Å². The highest BCUT2D eigenvalue weighted by Gasteiger charge is 2.33. The second kappa shape index (κ2) is 7.92. The van der Waals surface area contributed by atoms with E-state index < -0.39 is 11.7 Å². The molecule has 0 aliphatic carbocycles. The van der Waals surface area contributed by atoms with E-state index in [4.69, 9.17) is 9.84 Å². The molecule has 1 aliphatic heterocycles. The first-order chi connectivity index (χ1) is 14.7. The number of Topliss-reactive ketones (excluding diaryl/α,β-unsaturated/α-hetero) is 1. The Morgan fingerprint density at radius 1 is 1.26 bits per heavy atom. The Morgan fingerprint density at radius 2 is 2.03 bits per heavy atom. The van der Waals surface area contributed by atoms with Gasteiger partial charge in [0.15, 0.2) is 11.4 Å². The number of alkyl halides is 3. The SMILES string of the molecule is CC(=O)c1cc(C2=CCOCC2)nn2c(Cc3cccc(C(F)(F)F)c3C)c(C)nc12. The lowest BCUT2D eigenvalue weighted by molar-refractivity contribution is -0.138. The number of hydrogen-bond donors (Lipinski definition) is 0. The van der Waals surface area contributed by atoms with Gasteiger partial charge in [0, 0.05) is 6.42 Å². The summed E-state index contributed by atoms with van der Waals surface area (Å²) in [4.78, 5) is 16.9.